The minimum Gasteiger partial charge on any atom is -0.469 e. The number of alkyl halides is 3. The number of fused-ring (bicyclic) bond motifs is 1. The van der Waals surface area contributed by atoms with E-state index < -0.39 is 11.7 Å². The fourth-order valence-corrected chi connectivity index (χ4v) is 3.94. The minimum atomic E-state index is -4.48. The number of halogens is 3. The second kappa shape index (κ2) is 9.55. The molecule has 1 N–H and O–H groups in total. The Morgan fingerprint density at radius 2 is 1.71 bits per heavy atom. The monoisotopic (exact) mass is 464 g/mol. The molecule has 0 saturated carbocycles. The number of hydrogen-bond donors (Lipinski definition) is 1. The number of carbonyl (C=O) groups is 1. The van der Waals surface area contributed by atoms with Gasteiger partial charge >= 0.3 is 12.1 Å². The van der Waals surface area contributed by atoms with Crippen molar-refractivity contribution in [2.24, 2.45) is 0 Å². The van der Waals surface area contributed by atoms with Gasteiger partial charge in [-0.25, -0.2) is 0 Å². The van der Waals surface area contributed by atoms with Gasteiger partial charge in [-0.1, -0.05) is 48.5 Å². The lowest BCUT2D eigenvalue weighted by molar-refractivity contribution is -0.140. The molecule has 0 aliphatic heterocycles. The van der Waals surface area contributed by atoms with E-state index in [0.29, 0.717) is 11.9 Å². The molecule has 0 aliphatic rings. The zero-order valence-corrected chi connectivity index (χ0v) is 18.7. The average molecular weight is 464 g/mol. The number of rotatable bonds is 6. The van der Waals surface area contributed by atoms with Crippen molar-refractivity contribution in [3.63, 3.8) is 0 Å². The van der Waals surface area contributed by atoms with Gasteiger partial charge in [-0.15, -0.1) is 0 Å². The van der Waals surface area contributed by atoms with Crippen LogP contribution in [0.3, 0.4) is 0 Å². The number of nitrogens with zero attached hydrogens (tertiary/aromatic N) is 1. The summed E-state index contributed by atoms with van der Waals surface area (Å²) in [6, 6.07) is 19.4. The molecule has 7 heteroatoms. The number of esters is 1. The van der Waals surface area contributed by atoms with Crippen LogP contribution in [0.2, 0.25) is 0 Å². The van der Waals surface area contributed by atoms with Gasteiger partial charge in [0.15, 0.2) is 0 Å². The maximum Gasteiger partial charge on any atom is 0.418 e. The highest BCUT2D eigenvalue weighted by molar-refractivity contribution is 5.98. The normalized spacial score (nSPS) is 11.4. The summed E-state index contributed by atoms with van der Waals surface area (Å²) in [5.74, 6) is -0.288. The molecule has 0 aliphatic carbocycles. The standard InChI is InChI=1S/C27H23F3N2O2/c1-17-15-32-26-22(7-4-8-23(26)27(28,29)30)25(17)20-5-3-6-21(14-20)31-16-19-11-9-18(10-12-19)13-24(33)34-2/h3-12,14-15,31H,13,16H2,1-2H3. The van der Waals surface area contributed by atoms with Crippen LogP contribution in [0.15, 0.2) is 72.9 Å². The van der Waals surface area contributed by atoms with E-state index in [4.69, 9.17) is 0 Å². The van der Waals surface area contributed by atoms with Crippen LogP contribution in [0.4, 0.5) is 18.9 Å². The SMILES string of the molecule is COC(=O)Cc1ccc(CNc2cccc(-c3c(C)cnc4c(C(F)(F)F)cccc34)c2)cc1. The summed E-state index contributed by atoms with van der Waals surface area (Å²) in [6.07, 6.45) is -2.76. The van der Waals surface area contributed by atoms with Crippen LogP contribution in [0.5, 0.6) is 0 Å². The molecule has 4 nitrogen and oxygen atoms in total. The van der Waals surface area contributed by atoms with E-state index >= 15 is 0 Å². The lowest BCUT2D eigenvalue weighted by atomic mass is 9.95. The van der Waals surface area contributed by atoms with Gasteiger partial charge in [-0.3, -0.25) is 9.78 Å². The van der Waals surface area contributed by atoms with E-state index in [-0.39, 0.29) is 17.9 Å². The summed E-state index contributed by atoms with van der Waals surface area (Å²) in [4.78, 5) is 15.5. The number of anilines is 1. The van der Waals surface area contributed by atoms with E-state index in [0.717, 1.165) is 39.6 Å². The molecule has 0 atom stereocenters. The third-order valence-corrected chi connectivity index (χ3v) is 5.64. The number of aryl methyl sites for hydroxylation is 1. The van der Waals surface area contributed by atoms with Crippen LogP contribution in [-0.4, -0.2) is 18.1 Å². The molecule has 174 valence electrons. The molecule has 0 fully saturated rings. The van der Waals surface area contributed by atoms with Crippen molar-refractivity contribution < 1.29 is 22.7 Å². The Morgan fingerprint density at radius 3 is 2.41 bits per heavy atom. The van der Waals surface area contributed by atoms with Crippen molar-refractivity contribution in [1.29, 1.82) is 0 Å². The van der Waals surface area contributed by atoms with E-state index in [9.17, 15) is 18.0 Å². The molecule has 0 spiro atoms. The molecule has 3 aromatic carbocycles. The van der Waals surface area contributed by atoms with E-state index in [1.54, 1.807) is 6.07 Å². The summed E-state index contributed by atoms with van der Waals surface area (Å²) in [7, 11) is 1.36. The lowest BCUT2D eigenvalue weighted by Crippen LogP contribution is -2.07. The third-order valence-electron chi connectivity index (χ3n) is 5.64. The molecule has 1 heterocycles. The number of benzene rings is 3. The van der Waals surface area contributed by atoms with Crippen molar-refractivity contribution >= 4 is 22.6 Å². The van der Waals surface area contributed by atoms with E-state index in [1.165, 1.54) is 19.4 Å². The first-order valence-electron chi connectivity index (χ1n) is 10.7. The van der Waals surface area contributed by atoms with Crippen LogP contribution in [0.25, 0.3) is 22.0 Å². The number of methoxy groups -OCH3 is 1. The summed E-state index contributed by atoms with van der Waals surface area (Å²) < 4.78 is 45.2. The van der Waals surface area contributed by atoms with Crippen molar-refractivity contribution in [3.05, 3.63) is 95.2 Å². The Hall–Kier alpha value is -3.87. The molecular formula is C27H23F3N2O2. The summed E-state index contributed by atoms with van der Waals surface area (Å²) in [5, 5.41) is 3.82. The molecule has 0 amide bonds. The predicted molar refractivity (Wildman–Crippen MR) is 126 cm³/mol. The Bertz CT molecular complexity index is 1330. The summed E-state index contributed by atoms with van der Waals surface area (Å²) in [6.45, 7) is 2.40. The van der Waals surface area contributed by atoms with Crippen LogP contribution < -0.4 is 5.32 Å². The molecule has 4 aromatic rings. The first kappa shape index (κ1) is 23.3. The van der Waals surface area contributed by atoms with Crippen LogP contribution >= 0.6 is 0 Å². The average Bonchev–Trinajstić information content (AvgIpc) is 2.82. The van der Waals surface area contributed by atoms with Gasteiger partial charge in [-0.2, -0.15) is 13.2 Å². The van der Waals surface area contributed by atoms with Gasteiger partial charge in [0.25, 0.3) is 0 Å². The molecule has 34 heavy (non-hydrogen) atoms. The smallest absolute Gasteiger partial charge is 0.418 e. The zero-order valence-electron chi connectivity index (χ0n) is 18.7. The molecule has 0 saturated heterocycles. The van der Waals surface area contributed by atoms with Crippen molar-refractivity contribution in [3.8, 4) is 11.1 Å². The Balaban J connectivity index is 1.60. The first-order valence-corrected chi connectivity index (χ1v) is 10.7. The highest BCUT2D eigenvalue weighted by Gasteiger charge is 2.33. The number of ether oxygens (including phenoxy) is 1. The van der Waals surface area contributed by atoms with Crippen molar-refractivity contribution in [1.82, 2.24) is 4.98 Å². The van der Waals surface area contributed by atoms with Crippen LogP contribution in [0.1, 0.15) is 22.3 Å². The number of para-hydroxylation sites is 1. The van der Waals surface area contributed by atoms with Gasteiger partial charge in [0, 0.05) is 23.8 Å². The fourth-order valence-electron chi connectivity index (χ4n) is 3.94. The number of pyridine rings is 1. The highest BCUT2D eigenvalue weighted by atomic mass is 19.4. The van der Waals surface area contributed by atoms with Crippen LogP contribution in [-0.2, 0) is 28.7 Å². The quantitative estimate of drug-likeness (QED) is 0.329. The number of aromatic nitrogens is 1. The van der Waals surface area contributed by atoms with Crippen LogP contribution in [0, 0.1) is 6.92 Å². The molecule has 0 radical (unpaired) electrons. The first-order chi connectivity index (χ1) is 16.3. The number of carbonyl (C=O) groups excluding carboxylic acids is 1. The fraction of sp³-hybridized carbons (Fsp3) is 0.185. The highest BCUT2D eigenvalue weighted by Crippen LogP contribution is 2.38. The maximum atomic E-state index is 13.5. The number of hydrogen-bond acceptors (Lipinski definition) is 4. The molecule has 4 rings (SSSR count). The summed E-state index contributed by atoms with van der Waals surface area (Å²) in [5.41, 5.74) is 4.28. The lowest BCUT2D eigenvalue weighted by Gasteiger charge is -2.15. The van der Waals surface area contributed by atoms with Gasteiger partial charge in [0.2, 0.25) is 0 Å². The molecule has 0 unspecified atom stereocenters. The topological polar surface area (TPSA) is 51.2 Å². The van der Waals surface area contributed by atoms with Crippen molar-refractivity contribution in [2.75, 3.05) is 12.4 Å². The largest absolute Gasteiger partial charge is 0.469 e. The Morgan fingerprint density at radius 1 is 1.00 bits per heavy atom. The number of nitrogens with one attached hydrogen (secondary N) is 1. The van der Waals surface area contributed by atoms with Gasteiger partial charge in [0.05, 0.1) is 24.6 Å². The zero-order chi connectivity index (χ0) is 24.3. The molecular weight excluding hydrogens is 441 g/mol. The van der Waals surface area contributed by atoms with Gasteiger partial charge < -0.3 is 10.1 Å². The van der Waals surface area contributed by atoms with E-state index in [2.05, 4.69) is 15.0 Å². The predicted octanol–water partition coefficient (Wildman–Crippen LogP) is 6.56. The summed E-state index contributed by atoms with van der Waals surface area (Å²) >= 11 is 0. The molecule has 0 bridgehead atoms. The third kappa shape index (κ3) is 5.03. The van der Waals surface area contributed by atoms with Gasteiger partial charge in [-0.05, 0) is 52.9 Å². The van der Waals surface area contributed by atoms with E-state index in [1.807, 2.05) is 55.5 Å². The second-order valence-electron chi connectivity index (χ2n) is 8.02. The van der Waals surface area contributed by atoms with Crippen molar-refractivity contribution in [2.45, 2.75) is 26.1 Å². The Kier molecular flexibility index (Phi) is 6.54. The Labute approximate surface area is 195 Å². The minimum absolute atomic E-state index is 0.0546. The maximum absolute atomic E-state index is 13.5. The second-order valence-corrected chi connectivity index (χ2v) is 8.02. The van der Waals surface area contributed by atoms with Gasteiger partial charge in [0.1, 0.15) is 0 Å². The molecule has 1 aromatic heterocycles.